The third kappa shape index (κ3) is 6.97. The van der Waals surface area contributed by atoms with Crippen LogP contribution >= 0.6 is 0 Å². The molecular weight excluding hydrogens is 223 g/mol. The molecule has 0 fully saturated rings. The van der Waals surface area contributed by atoms with Crippen molar-refractivity contribution in [2.75, 3.05) is 0 Å². The van der Waals surface area contributed by atoms with E-state index >= 15 is 0 Å². The summed E-state index contributed by atoms with van der Waals surface area (Å²) in [5.74, 6) is -0.0475. The number of carbonyl (C=O) groups is 2. The van der Waals surface area contributed by atoms with E-state index in [4.69, 9.17) is 0 Å². The van der Waals surface area contributed by atoms with Crippen molar-refractivity contribution < 1.29 is 9.59 Å². The number of allylic oxidation sites excluding steroid dienone is 4. The second-order valence-corrected chi connectivity index (χ2v) is 4.29. The van der Waals surface area contributed by atoms with E-state index in [9.17, 15) is 9.59 Å². The van der Waals surface area contributed by atoms with E-state index in [1.54, 1.807) is 0 Å². The van der Waals surface area contributed by atoms with Gasteiger partial charge in [-0.25, -0.2) is 0 Å². The van der Waals surface area contributed by atoms with Crippen LogP contribution in [0.1, 0.15) is 51.9 Å². The molecule has 0 aromatic rings. The molecule has 0 bridgehead atoms. The molecule has 3 heteroatoms. The van der Waals surface area contributed by atoms with Gasteiger partial charge in [0.15, 0.2) is 11.6 Å². The fourth-order valence-corrected chi connectivity index (χ4v) is 1.85. The van der Waals surface area contributed by atoms with Crippen molar-refractivity contribution in [2.45, 2.75) is 51.9 Å². The Morgan fingerprint density at radius 3 is 2.29 bits per heavy atom. The molecule has 1 rings (SSSR count). The molecule has 0 aromatic heterocycles. The van der Waals surface area contributed by atoms with Crippen LogP contribution in [0.2, 0.25) is 0 Å². The van der Waals surface area contributed by atoms with Crippen molar-refractivity contribution in [1.29, 1.82) is 0 Å². The molecule has 0 saturated carbocycles. The van der Waals surface area contributed by atoms with Crippen molar-refractivity contribution in [3.63, 3.8) is 0 Å². The average Bonchev–Trinajstić information content (AvgIpc) is 2.28. The molecule has 0 aromatic carbocycles. The maximum atomic E-state index is 11.4. The molecule has 17 heavy (non-hydrogen) atoms. The quantitative estimate of drug-likeness (QED) is 0.392. The van der Waals surface area contributed by atoms with Crippen LogP contribution in [0.5, 0.6) is 0 Å². The number of hydrogen-bond acceptors (Lipinski definition) is 2. The third-order valence-electron chi connectivity index (χ3n) is 2.83. The standard InChI is InChI=1S/C14H20O2.Na.H/c1-2-3-4-5-6-7-8-12-11-13(15)9-10-14(12)16;;/h9-11H,2-8H2,1H3;;. The van der Waals surface area contributed by atoms with Crippen LogP contribution < -0.4 is 0 Å². The van der Waals surface area contributed by atoms with Crippen molar-refractivity contribution in [2.24, 2.45) is 0 Å². The Morgan fingerprint density at radius 1 is 0.941 bits per heavy atom. The van der Waals surface area contributed by atoms with Crippen LogP contribution in [0.25, 0.3) is 0 Å². The van der Waals surface area contributed by atoms with E-state index in [1.807, 2.05) is 0 Å². The Labute approximate surface area is 126 Å². The second kappa shape index (κ2) is 9.81. The summed E-state index contributed by atoms with van der Waals surface area (Å²) < 4.78 is 0. The van der Waals surface area contributed by atoms with Gasteiger partial charge in [-0.15, -0.1) is 0 Å². The van der Waals surface area contributed by atoms with Crippen LogP contribution in [0, 0.1) is 0 Å². The summed E-state index contributed by atoms with van der Waals surface area (Å²) in [7, 11) is 0. The van der Waals surface area contributed by atoms with Gasteiger partial charge in [-0.2, -0.15) is 0 Å². The van der Waals surface area contributed by atoms with E-state index in [1.165, 1.54) is 43.9 Å². The van der Waals surface area contributed by atoms with Gasteiger partial charge in [0.2, 0.25) is 0 Å². The summed E-state index contributed by atoms with van der Waals surface area (Å²) in [6, 6.07) is 0. The Hall–Kier alpha value is -0.180. The molecule has 0 heterocycles. The second-order valence-electron chi connectivity index (χ2n) is 4.29. The Balaban J connectivity index is 0.00000256. The topological polar surface area (TPSA) is 34.1 Å². The fraction of sp³-hybridized carbons (Fsp3) is 0.571. The zero-order chi connectivity index (χ0) is 11.8. The van der Waals surface area contributed by atoms with Crippen molar-refractivity contribution >= 4 is 41.1 Å². The van der Waals surface area contributed by atoms with Crippen LogP contribution in [0.3, 0.4) is 0 Å². The molecule has 0 unspecified atom stereocenters. The summed E-state index contributed by atoms with van der Waals surface area (Å²) in [4.78, 5) is 22.5. The molecule has 0 amide bonds. The average molecular weight is 244 g/mol. The van der Waals surface area contributed by atoms with E-state index in [0.717, 1.165) is 19.3 Å². The van der Waals surface area contributed by atoms with Crippen molar-refractivity contribution in [3.05, 3.63) is 23.8 Å². The Bertz CT molecular complexity index is 316. The number of unbranched alkanes of at least 4 members (excludes halogenated alkanes) is 5. The first-order valence-corrected chi connectivity index (χ1v) is 6.21. The summed E-state index contributed by atoms with van der Waals surface area (Å²) in [5, 5.41) is 0. The predicted molar refractivity (Wildman–Crippen MR) is 72.4 cm³/mol. The molecule has 0 atom stereocenters. The van der Waals surface area contributed by atoms with E-state index < -0.39 is 0 Å². The maximum absolute atomic E-state index is 11.4. The van der Waals surface area contributed by atoms with Gasteiger partial charge in [0.1, 0.15) is 0 Å². The first-order chi connectivity index (χ1) is 7.74. The fourth-order valence-electron chi connectivity index (χ4n) is 1.85. The first kappa shape index (κ1) is 16.8. The van der Waals surface area contributed by atoms with Gasteiger partial charge < -0.3 is 0 Å². The molecule has 0 spiro atoms. The van der Waals surface area contributed by atoms with Gasteiger partial charge in [0, 0.05) is 5.57 Å². The van der Waals surface area contributed by atoms with E-state index in [0.29, 0.717) is 5.57 Å². The third-order valence-corrected chi connectivity index (χ3v) is 2.83. The van der Waals surface area contributed by atoms with Gasteiger partial charge in [0.05, 0.1) is 0 Å². The monoisotopic (exact) mass is 244 g/mol. The van der Waals surface area contributed by atoms with Gasteiger partial charge >= 0.3 is 29.6 Å². The molecule has 1 aliphatic rings. The zero-order valence-electron chi connectivity index (χ0n) is 10.00. The molecule has 90 valence electrons. The molecule has 0 saturated heterocycles. The summed E-state index contributed by atoms with van der Waals surface area (Å²) in [6.45, 7) is 2.20. The summed E-state index contributed by atoms with van der Waals surface area (Å²) in [5.41, 5.74) is 0.683. The van der Waals surface area contributed by atoms with E-state index in [-0.39, 0.29) is 41.1 Å². The zero-order valence-corrected chi connectivity index (χ0v) is 10.00. The van der Waals surface area contributed by atoms with Crippen LogP contribution in [-0.2, 0) is 9.59 Å². The van der Waals surface area contributed by atoms with Gasteiger partial charge in [-0.3, -0.25) is 9.59 Å². The molecule has 2 nitrogen and oxygen atoms in total. The Kier molecular flexibility index (Phi) is 9.71. The number of ketones is 2. The first-order valence-electron chi connectivity index (χ1n) is 6.21. The molecule has 0 radical (unpaired) electrons. The minimum absolute atomic E-state index is 0. The van der Waals surface area contributed by atoms with E-state index in [2.05, 4.69) is 6.92 Å². The van der Waals surface area contributed by atoms with Crippen molar-refractivity contribution in [1.82, 2.24) is 0 Å². The van der Waals surface area contributed by atoms with Gasteiger partial charge in [-0.05, 0) is 31.1 Å². The SMILES string of the molecule is CCCCCCCCC1=CC(=O)C=CC1=O.[NaH]. The molecule has 0 N–H and O–H groups in total. The number of carbonyl (C=O) groups excluding carboxylic acids is 2. The Morgan fingerprint density at radius 2 is 1.59 bits per heavy atom. The molecule has 1 aliphatic carbocycles. The van der Waals surface area contributed by atoms with Gasteiger partial charge in [0.25, 0.3) is 0 Å². The predicted octanol–water partition coefficient (Wildman–Crippen LogP) is 2.72. The molecular formula is C14H21NaO2. The normalized spacial score (nSPS) is 14.5. The van der Waals surface area contributed by atoms with Crippen molar-refractivity contribution in [3.8, 4) is 0 Å². The minimum atomic E-state index is -0.0550. The summed E-state index contributed by atoms with van der Waals surface area (Å²) in [6.07, 6.45) is 12.2. The molecule has 0 aliphatic heterocycles. The number of hydrogen-bond donors (Lipinski definition) is 0. The van der Waals surface area contributed by atoms with Crippen LogP contribution in [0.15, 0.2) is 23.8 Å². The van der Waals surface area contributed by atoms with Gasteiger partial charge in [-0.1, -0.05) is 39.0 Å². The number of rotatable bonds is 7. The van der Waals surface area contributed by atoms with Crippen LogP contribution in [-0.4, -0.2) is 41.1 Å². The van der Waals surface area contributed by atoms with Crippen LogP contribution in [0.4, 0.5) is 0 Å². The summed E-state index contributed by atoms with van der Waals surface area (Å²) >= 11 is 0.